The number of methoxy groups -OCH3 is 1. The van der Waals surface area contributed by atoms with E-state index in [1.807, 2.05) is 0 Å². The molecule has 1 aliphatic heterocycles. The molecule has 2 heterocycles. The Balaban J connectivity index is 1.97. The van der Waals surface area contributed by atoms with Gasteiger partial charge < -0.3 is 14.8 Å². The highest BCUT2D eigenvalue weighted by atomic mass is 35.5. The number of esters is 1. The lowest BCUT2D eigenvalue weighted by atomic mass is 9.95. The van der Waals surface area contributed by atoms with Gasteiger partial charge in [-0.15, -0.1) is 0 Å². The molecule has 0 saturated carbocycles. The number of halogens is 2. The first-order chi connectivity index (χ1) is 12.1. The summed E-state index contributed by atoms with van der Waals surface area (Å²) in [5.41, 5.74) is 0.856. The van der Waals surface area contributed by atoms with Gasteiger partial charge in [-0.2, -0.15) is 0 Å². The summed E-state index contributed by atoms with van der Waals surface area (Å²) in [5.74, 6) is -0.498. The third kappa shape index (κ3) is 4.08. The first kappa shape index (κ1) is 17.6. The summed E-state index contributed by atoms with van der Waals surface area (Å²) >= 11 is 5.99. The van der Waals surface area contributed by atoms with Crippen molar-refractivity contribution in [1.29, 1.82) is 0 Å². The molecule has 1 aromatic heterocycles. The zero-order valence-corrected chi connectivity index (χ0v) is 14.4. The van der Waals surface area contributed by atoms with Crippen molar-refractivity contribution in [3.63, 3.8) is 0 Å². The Morgan fingerprint density at radius 2 is 2.24 bits per heavy atom. The average molecular weight is 365 g/mol. The normalized spacial score (nSPS) is 18.0. The van der Waals surface area contributed by atoms with Gasteiger partial charge in [0.2, 0.25) is 0 Å². The van der Waals surface area contributed by atoms with Crippen LogP contribution in [0.2, 0.25) is 5.02 Å². The van der Waals surface area contributed by atoms with Gasteiger partial charge in [-0.05, 0) is 37.2 Å². The van der Waals surface area contributed by atoms with Crippen LogP contribution in [-0.2, 0) is 4.74 Å². The molecule has 7 heteroatoms. The van der Waals surface area contributed by atoms with Crippen molar-refractivity contribution in [2.24, 2.45) is 5.92 Å². The molecule has 0 amide bonds. The van der Waals surface area contributed by atoms with E-state index in [1.54, 1.807) is 18.3 Å². The summed E-state index contributed by atoms with van der Waals surface area (Å²) < 4.78 is 24.6. The molecule has 1 N–H and O–H groups in total. The lowest BCUT2D eigenvalue weighted by Gasteiger charge is -2.25. The SMILES string of the molecule is COC(=O)c1cc(Cl)ccc1OC(c1cncc(F)c1)[C@H]1CCNC1. The number of hydrogen-bond donors (Lipinski definition) is 1. The number of carbonyl (C=O) groups is 1. The predicted octanol–water partition coefficient (Wildman–Crippen LogP) is 3.39. The Morgan fingerprint density at radius 1 is 1.40 bits per heavy atom. The molecule has 2 atom stereocenters. The smallest absolute Gasteiger partial charge is 0.341 e. The first-order valence-electron chi connectivity index (χ1n) is 7.94. The van der Waals surface area contributed by atoms with E-state index in [0.29, 0.717) is 16.3 Å². The molecule has 3 rings (SSSR count). The molecule has 1 unspecified atom stereocenters. The second-order valence-electron chi connectivity index (χ2n) is 5.86. The van der Waals surface area contributed by atoms with Gasteiger partial charge in [0, 0.05) is 29.2 Å². The molecule has 2 aromatic rings. The molecule has 1 aromatic carbocycles. The van der Waals surface area contributed by atoms with Gasteiger partial charge in [0.15, 0.2) is 0 Å². The van der Waals surface area contributed by atoms with Crippen LogP contribution in [0.3, 0.4) is 0 Å². The van der Waals surface area contributed by atoms with E-state index < -0.39 is 17.9 Å². The molecule has 0 aliphatic carbocycles. The minimum Gasteiger partial charge on any atom is -0.484 e. The van der Waals surface area contributed by atoms with Crippen molar-refractivity contribution >= 4 is 17.6 Å². The molecular formula is C18H18ClFN2O3. The van der Waals surface area contributed by atoms with Crippen LogP contribution in [-0.4, -0.2) is 31.2 Å². The maximum Gasteiger partial charge on any atom is 0.341 e. The number of benzene rings is 1. The van der Waals surface area contributed by atoms with Gasteiger partial charge in [0.05, 0.1) is 13.3 Å². The molecule has 1 fully saturated rings. The lowest BCUT2D eigenvalue weighted by molar-refractivity contribution is 0.0588. The van der Waals surface area contributed by atoms with Crippen LogP contribution in [0, 0.1) is 11.7 Å². The fourth-order valence-corrected chi connectivity index (χ4v) is 3.14. The van der Waals surface area contributed by atoms with E-state index in [-0.39, 0.29) is 11.5 Å². The lowest BCUT2D eigenvalue weighted by Crippen LogP contribution is -2.22. The van der Waals surface area contributed by atoms with Gasteiger partial charge in [-0.3, -0.25) is 4.98 Å². The Kier molecular flexibility index (Phi) is 5.50. The minimum atomic E-state index is -0.543. The molecule has 0 bridgehead atoms. The Bertz CT molecular complexity index is 766. The number of rotatable bonds is 5. The summed E-state index contributed by atoms with van der Waals surface area (Å²) in [6.07, 6.45) is 3.17. The largest absolute Gasteiger partial charge is 0.484 e. The maximum atomic E-state index is 13.6. The molecule has 1 aliphatic rings. The molecule has 0 spiro atoms. The van der Waals surface area contributed by atoms with Crippen LogP contribution in [0.15, 0.2) is 36.7 Å². The van der Waals surface area contributed by atoms with E-state index >= 15 is 0 Å². The van der Waals surface area contributed by atoms with Crippen LogP contribution in [0.25, 0.3) is 0 Å². The van der Waals surface area contributed by atoms with Gasteiger partial charge >= 0.3 is 5.97 Å². The number of nitrogens with zero attached hydrogens (tertiary/aromatic N) is 1. The van der Waals surface area contributed by atoms with E-state index in [9.17, 15) is 9.18 Å². The first-order valence-corrected chi connectivity index (χ1v) is 8.32. The molecule has 25 heavy (non-hydrogen) atoms. The minimum absolute atomic E-state index is 0.129. The summed E-state index contributed by atoms with van der Waals surface area (Å²) in [6, 6.07) is 6.16. The van der Waals surface area contributed by atoms with E-state index in [0.717, 1.165) is 25.7 Å². The van der Waals surface area contributed by atoms with Crippen LogP contribution in [0.1, 0.15) is 28.4 Å². The molecule has 132 valence electrons. The van der Waals surface area contributed by atoms with Crippen LogP contribution in [0.5, 0.6) is 5.75 Å². The summed E-state index contributed by atoms with van der Waals surface area (Å²) in [4.78, 5) is 16.0. The second-order valence-corrected chi connectivity index (χ2v) is 6.30. The summed E-state index contributed by atoms with van der Waals surface area (Å²) in [7, 11) is 1.29. The van der Waals surface area contributed by atoms with Crippen molar-refractivity contribution in [1.82, 2.24) is 10.3 Å². The molecule has 5 nitrogen and oxygen atoms in total. The molecular weight excluding hydrogens is 347 g/mol. The Morgan fingerprint density at radius 3 is 2.92 bits per heavy atom. The van der Waals surface area contributed by atoms with E-state index in [4.69, 9.17) is 21.1 Å². The van der Waals surface area contributed by atoms with Crippen LogP contribution >= 0.6 is 11.6 Å². The van der Waals surface area contributed by atoms with E-state index in [2.05, 4.69) is 10.3 Å². The third-order valence-corrected chi connectivity index (χ3v) is 4.42. The van der Waals surface area contributed by atoms with Crippen LogP contribution < -0.4 is 10.1 Å². The van der Waals surface area contributed by atoms with E-state index in [1.165, 1.54) is 19.2 Å². The van der Waals surface area contributed by atoms with Crippen molar-refractivity contribution in [3.8, 4) is 5.75 Å². The van der Waals surface area contributed by atoms with Crippen molar-refractivity contribution in [2.45, 2.75) is 12.5 Å². The Labute approximate surface area is 150 Å². The molecule has 1 saturated heterocycles. The fourth-order valence-electron chi connectivity index (χ4n) is 2.97. The number of pyridine rings is 1. The van der Waals surface area contributed by atoms with Gasteiger partial charge in [-0.1, -0.05) is 11.6 Å². The number of ether oxygens (including phenoxy) is 2. The highest BCUT2D eigenvalue weighted by molar-refractivity contribution is 6.31. The number of aromatic nitrogens is 1. The van der Waals surface area contributed by atoms with Crippen molar-refractivity contribution in [3.05, 3.63) is 58.6 Å². The Hall–Kier alpha value is -2.18. The topological polar surface area (TPSA) is 60.5 Å². The fraction of sp³-hybridized carbons (Fsp3) is 0.333. The maximum absolute atomic E-state index is 13.6. The summed E-state index contributed by atoms with van der Waals surface area (Å²) in [5, 5.41) is 3.68. The second kappa shape index (κ2) is 7.80. The van der Waals surface area contributed by atoms with Crippen molar-refractivity contribution in [2.75, 3.05) is 20.2 Å². The predicted molar refractivity (Wildman–Crippen MR) is 91.3 cm³/mol. The van der Waals surface area contributed by atoms with Gasteiger partial charge in [0.25, 0.3) is 0 Å². The monoisotopic (exact) mass is 364 g/mol. The van der Waals surface area contributed by atoms with Crippen LogP contribution in [0.4, 0.5) is 4.39 Å². The third-order valence-electron chi connectivity index (χ3n) is 4.18. The highest BCUT2D eigenvalue weighted by Crippen LogP contribution is 2.34. The zero-order chi connectivity index (χ0) is 17.8. The number of nitrogens with one attached hydrogen (secondary N) is 1. The number of hydrogen-bond acceptors (Lipinski definition) is 5. The summed E-state index contributed by atoms with van der Waals surface area (Å²) in [6.45, 7) is 1.60. The number of carbonyl (C=O) groups excluding carboxylic acids is 1. The highest BCUT2D eigenvalue weighted by Gasteiger charge is 2.30. The molecule has 0 radical (unpaired) electrons. The van der Waals surface area contributed by atoms with Gasteiger partial charge in [0.1, 0.15) is 23.2 Å². The quantitative estimate of drug-likeness (QED) is 0.824. The average Bonchev–Trinajstić information content (AvgIpc) is 3.14. The van der Waals surface area contributed by atoms with Crippen molar-refractivity contribution < 1.29 is 18.7 Å². The standard InChI is InChI=1S/C18H18ClFN2O3/c1-24-18(23)15-7-13(19)2-3-16(15)25-17(11-4-5-21-8-11)12-6-14(20)10-22-9-12/h2-3,6-7,9-11,17,21H,4-5,8H2,1H3/t11-,17?/m0/s1. The zero-order valence-electron chi connectivity index (χ0n) is 13.7. The van der Waals surface area contributed by atoms with Gasteiger partial charge in [-0.25, -0.2) is 9.18 Å².